The van der Waals surface area contributed by atoms with Crippen molar-refractivity contribution in [3.8, 4) is 0 Å². The van der Waals surface area contributed by atoms with Gasteiger partial charge in [-0.15, -0.1) is 0 Å². The third-order valence-electron chi connectivity index (χ3n) is 3.74. The van der Waals surface area contributed by atoms with Crippen LogP contribution in [0.4, 0.5) is 18.0 Å². The lowest BCUT2D eigenvalue weighted by atomic mass is 9.84. The van der Waals surface area contributed by atoms with Crippen LogP contribution in [0.2, 0.25) is 0 Å². The average molecular weight is 310 g/mol. The van der Waals surface area contributed by atoms with Crippen molar-refractivity contribution in [1.82, 2.24) is 10.2 Å². The molecule has 5 nitrogen and oxygen atoms in total. The van der Waals surface area contributed by atoms with Crippen LogP contribution >= 0.6 is 0 Å². The molecule has 0 radical (unpaired) electrons. The Labute approximate surface area is 121 Å². The van der Waals surface area contributed by atoms with Crippen LogP contribution in [0.3, 0.4) is 0 Å². The third-order valence-corrected chi connectivity index (χ3v) is 3.74. The van der Waals surface area contributed by atoms with Gasteiger partial charge in [-0.2, -0.15) is 13.2 Å². The summed E-state index contributed by atoms with van der Waals surface area (Å²) in [5.74, 6) is -1.30. The van der Waals surface area contributed by atoms with E-state index in [0.717, 1.165) is 24.2 Å². The molecule has 0 aromatic carbocycles. The molecule has 0 bridgehead atoms. The van der Waals surface area contributed by atoms with Crippen LogP contribution < -0.4 is 5.32 Å². The summed E-state index contributed by atoms with van der Waals surface area (Å²) in [4.78, 5) is 23.9. The number of hydrogen-bond acceptors (Lipinski definition) is 2. The lowest BCUT2D eigenvalue weighted by Gasteiger charge is -2.29. The molecule has 1 aliphatic rings. The standard InChI is InChI=1S/C13H21F3N2O3/c1-18(8-7-13(14,15)16)12(21)17-10(11(19)20)9-5-3-2-4-6-9/h9-10H,2-8H2,1H3,(H,17,21)(H,19,20). The quantitative estimate of drug-likeness (QED) is 0.820. The van der Waals surface area contributed by atoms with Crippen molar-refractivity contribution in [2.75, 3.05) is 13.6 Å². The average Bonchev–Trinajstić information content (AvgIpc) is 2.41. The molecule has 0 aromatic heterocycles. The molecule has 8 heteroatoms. The van der Waals surface area contributed by atoms with E-state index >= 15 is 0 Å². The van der Waals surface area contributed by atoms with E-state index in [1.807, 2.05) is 0 Å². The van der Waals surface area contributed by atoms with E-state index < -0.39 is 37.2 Å². The van der Waals surface area contributed by atoms with Crippen molar-refractivity contribution in [3.05, 3.63) is 0 Å². The monoisotopic (exact) mass is 310 g/mol. The first-order valence-corrected chi connectivity index (χ1v) is 7.02. The van der Waals surface area contributed by atoms with E-state index in [4.69, 9.17) is 0 Å². The minimum Gasteiger partial charge on any atom is -0.480 e. The second-order valence-electron chi connectivity index (χ2n) is 5.45. The van der Waals surface area contributed by atoms with Gasteiger partial charge in [0, 0.05) is 13.6 Å². The zero-order chi connectivity index (χ0) is 16.0. The van der Waals surface area contributed by atoms with Gasteiger partial charge in [0.25, 0.3) is 0 Å². The summed E-state index contributed by atoms with van der Waals surface area (Å²) >= 11 is 0. The molecule has 1 fully saturated rings. The van der Waals surface area contributed by atoms with Crippen molar-refractivity contribution in [2.45, 2.75) is 50.7 Å². The van der Waals surface area contributed by atoms with E-state index in [9.17, 15) is 27.9 Å². The summed E-state index contributed by atoms with van der Waals surface area (Å²) in [6.45, 7) is -0.494. The van der Waals surface area contributed by atoms with Crippen LogP contribution in [0.1, 0.15) is 38.5 Å². The Bertz CT molecular complexity index is 368. The van der Waals surface area contributed by atoms with Gasteiger partial charge >= 0.3 is 18.2 Å². The molecule has 21 heavy (non-hydrogen) atoms. The van der Waals surface area contributed by atoms with E-state index in [1.54, 1.807) is 0 Å². The van der Waals surface area contributed by atoms with Crippen LogP contribution in [0.5, 0.6) is 0 Å². The Morgan fingerprint density at radius 3 is 2.33 bits per heavy atom. The highest BCUT2D eigenvalue weighted by atomic mass is 19.4. The Morgan fingerprint density at radius 1 is 1.29 bits per heavy atom. The number of halogens is 3. The molecule has 0 spiro atoms. The Kier molecular flexibility index (Phi) is 6.29. The number of hydrogen-bond donors (Lipinski definition) is 2. The van der Waals surface area contributed by atoms with E-state index in [2.05, 4.69) is 5.32 Å². The van der Waals surface area contributed by atoms with Gasteiger partial charge in [0.15, 0.2) is 0 Å². The summed E-state index contributed by atoms with van der Waals surface area (Å²) in [6.07, 6.45) is -1.17. The van der Waals surface area contributed by atoms with Crippen LogP contribution in [0, 0.1) is 5.92 Å². The fourth-order valence-corrected chi connectivity index (χ4v) is 2.49. The highest BCUT2D eigenvalue weighted by Gasteiger charge is 2.32. The largest absolute Gasteiger partial charge is 0.480 e. The number of aliphatic carboxylic acids is 1. The van der Waals surface area contributed by atoms with Crippen LogP contribution in [-0.4, -0.2) is 47.8 Å². The molecule has 0 heterocycles. The van der Waals surface area contributed by atoms with Gasteiger partial charge < -0.3 is 15.3 Å². The van der Waals surface area contributed by atoms with E-state index in [1.165, 1.54) is 7.05 Å². The maximum atomic E-state index is 12.1. The zero-order valence-corrected chi connectivity index (χ0v) is 11.9. The maximum absolute atomic E-state index is 12.1. The molecule has 0 aliphatic heterocycles. The number of rotatable bonds is 5. The molecule has 1 unspecified atom stereocenters. The highest BCUT2D eigenvalue weighted by Crippen LogP contribution is 2.27. The fraction of sp³-hybridized carbons (Fsp3) is 0.846. The zero-order valence-electron chi connectivity index (χ0n) is 11.9. The maximum Gasteiger partial charge on any atom is 0.390 e. The number of nitrogens with zero attached hydrogens (tertiary/aromatic N) is 1. The number of urea groups is 1. The molecule has 2 N–H and O–H groups in total. The molecule has 1 atom stereocenters. The number of alkyl halides is 3. The summed E-state index contributed by atoms with van der Waals surface area (Å²) in [5.41, 5.74) is 0. The van der Waals surface area contributed by atoms with Crippen molar-refractivity contribution >= 4 is 12.0 Å². The summed E-state index contributed by atoms with van der Waals surface area (Å²) in [6, 6.07) is -1.82. The topological polar surface area (TPSA) is 69.6 Å². The molecule has 2 amide bonds. The van der Waals surface area contributed by atoms with Gasteiger partial charge in [0.2, 0.25) is 0 Å². The number of nitrogens with one attached hydrogen (secondary N) is 1. The van der Waals surface area contributed by atoms with Crippen LogP contribution in [0.25, 0.3) is 0 Å². The van der Waals surface area contributed by atoms with E-state index in [0.29, 0.717) is 12.8 Å². The highest BCUT2D eigenvalue weighted by molar-refractivity contribution is 5.82. The Balaban J connectivity index is 2.53. The van der Waals surface area contributed by atoms with Gasteiger partial charge in [0.1, 0.15) is 6.04 Å². The molecule has 0 saturated heterocycles. The van der Waals surface area contributed by atoms with Gasteiger partial charge in [-0.05, 0) is 18.8 Å². The number of carbonyl (C=O) groups excluding carboxylic acids is 1. The first kappa shape index (κ1) is 17.6. The lowest BCUT2D eigenvalue weighted by molar-refractivity contribution is -0.141. The summed E-state index contributed by atoms with van der Waals surface area (Å²) in [5, 5.41) is 11.5. The van der Waals surface area contributed by atoms with Gasteiger partial charge in [-0.25, -0.2) is 9.59 Å². The molecule has 0 aromatic rings. The van der Waals surface area contributed by atoms with Crippen LogP contribution in [-0.2, 0) is 4.79 Å². The predicted molar refractivity (Wildman–Crippen MR) is 69.8 cm³/mol. The SMILES string of the molecule is CN(CCC(F)(F)F)C(=O)NC(C(=O)O)C1CCCCC1. The summed E-state index contributed by atoms with van der Waals surface area (Å²) < 4.78 is 36.3. The number of carboxylic acid groups (broad SMARTS) is 1. The lowest BCUT2D eigenvalue weighted by Crippen LogP contribution is -2.51. The van der Waals surface area contributed by atoms with Gasteiger partial charge in [0.05, 0.1) is 6.42 Å². The normalized spacial score (nSPS) is 18.1. The second kappa shape index (κ2) is 7.51. The van der Waals surface area contributed by atoms with Crippen LogP contribution in [0.15, 0.2) is 0 Å². The number of amides is 2. The Morgan fingerprint density at radius 2 is 1.86 bits per heavy atom. The predicted octanol–water partition coefficient (Wildman–Crippen LogP) is 2.61. The molecule has 1 saturated carbocycles. The van der Waals surface area contributed by atoms with Gasteiger partial charge in [-0.1, -0.05) is 19.3 Å². The third kappa shape index (κ3) is 6.22. The fourth-order valence-electron chi connectivity index (χ4n) is 2.49. The minimum absolute atomic E-state index is 0.156. The smallest absolute Gasteiger partial charge is 0.390 e. The van der Waals surface area contributed by atoms with Crippen molar-refractivity contribution < 1.29 is 27.9 Å². The molecular formula is C13H21F3N2O3. The van der Waals surface area contributed by atoms with Gasteiger partial charge in [-0.3, -0.25) is 0 Å². The number of carbonyl (C=O) groups is 2. The number of carboxylic acids is 1. The second-order valence-corrected chi connectivity index (χ2v) is 5.45. The molecule has 1 aliphatic carbocycles. The minimum atomic E-state index is -4.34. The van der Waals surface area contributed by atoms with Crippen molar-refractivity contribution in [3.63, 3.8) is 0 Å². The summed E-state index contributed by atoms with van der Waals surface area (Å²) in [7, 11) is 1.22. The van der Waals surface area contributed by atoms with E-state index in [-0.39, 0.29) is 5.92 Å². The molecule has 122 valence electrons. The van der Waals surface area contributed by atoms with Crippen molar-refractivity contribution in [2.24, 2.45) is 5.92 Å². The first-order valence-electron chi connectivity index (χ1n) is 7.02. The molecular weight excluding hydrogens is 289 g/mol. The molecule has 1 rings (SSSR count). The first-order chi connectivity index (χ1) is 9.70. The Hall–Kier alpha value is -1.47. The van der Waals surface area contributed by atoms with Crippen molar-refractivity contribution in [1.29, 1.82) is 0 Å².